The zero-order valence-corrected chi connectivity index (χ0v) is 20.9. The smallest absolute Gasteiger partial charge is 0.203 e. The molecule has 1 atom stereocenters. The highest BCUT2D eigenvalue weighted by molar-refractivity contribution is 7.98. The number of ether oxygens (including phenoxy) is 3. The molecule has 0 N–H and O–H groups in total. The van der Waals surface area contributed by atoms with E-state index in [0.717, 1.165) is 40.7 Å². The van der Waals surface area contributed by atoms with Gasteiger partial charge in [-0.3, -0.25) is 9.79 Å². The number of pyridine rings is 1. The van der Waals surface area contributed by atoms with Gasteiger partial charge in [-0.25, -0.2) is 4.57 Å². The maximum Gasteiger partial charge on any atom is 0.203 e. The van der Waals surface area contributed by atoms with Gasteiger partial charge in [-0.05, 0) is 54.0 Å². The van der Waals surface area contributed by atoms with Crippen molar-refractivity contribution in [1.82, 2.24) is 0 Å². The molecule has 4 rings (SSSR count). The number of methoxy groups -OCH3 is 3. The van der Waals surface area contributed by atoms with Gasteiger partial charge in [-0.2, -0.15) is 0 Å². The van der Waals surface area contributed by atoms with Crippen molar-refractivity contribution in [3.63, 3.8) is 0 Å². The van der Waals surface area contributed by atoms with Gasteiger partial charge >= 0.3 is 0 Å². The van der Waals surface area contributed by atoms with E-state index in [1.807, 2.05) is 66.8 Å². The van der Waals surface area contributed by atoms with Crippen LogP contribution in [0.5, 0.6) is 17.2 Å². The van der Waals surface area contributed by atoms with Gasteiger partial charge in [0, 0.05) is 29.5 Å². The van der Waals surface area contributed by atoms with Gasteiger partial charge in [-0.1, -0.05) is 6.07 Å². The van der Waals surface area contributed by atoms with Gasteiger partial charge in [0.15, 0.2) is 29.3 Å². The van der Waals surface area contributed by atoms with Crippen molar-refractivity contribution in [2.45, 2.75) is 23.8 Å². The number of thioether (sulfide) groups is 1. The second-order valence-corrected chi connectivity index (χ2v) is 8.94. The highest BCUT2D eigenvalue weighted by Gasteiger charge is 2.28. The van der Waals surface area contributed by atoms with E-state index in [1.54, 1.807) is 27.4 Å². The molecule has 2 aromatic carbocycles. The van der Waals surface area contributed by atoms with Crippen LogP contribution in [0.4, 0.5) is 0 Å². The molecule has 176 valence electrons. The van der Waals surface area contributed by atoms with Gasteiger partial charge < -0.3 is 14.2 Å². The molecular formula is C27H29N2O4S+. The van der Waals surface area contributed by atoms with E-state index in [4.69, 9.17) is 19.2 Å². The minimum absolute atomic E-state index is 0.0106. The molecule has 0 bridgehead atoms. The fourth-order valence-corrected chi connectivity index (χ4v) is 4.84. The Morgan fingerprint density at radius 3 is 2.41 bits per heavy atom. The summed E-state index contributed by atoms with van der Waals surface area (Å²) >= 11 is 1.44. The standard InChI is InChI=1S/C27H29N2O4S/c1-29-12-10-17(11-13-29)16-28-21-8-6-18-14-23(31-2)26(32-3)27(33-4)25(18)19-7-9-24(34-5)22(30)15-20(19)21/h7,9-16,21H,6,8H2,1-5H3/q+1/t21-/m0/s1. The molecule has 1 aliphatic rings. The third kappa shape index (κ3) is 4.53. The lowest BCUT2D eigenvalue weighted by Crippen LogP contribution is -2.25. The average molecular weight is 478 g/mol. The number of fused-ring (bicyclic) bond motifs is 3. The van der Waals surface area contributed by atoms with Gasteiger partial charge in [0.25, 0.3) is 0 Å². The summed E-state index contributed by atoms with van der Waals surface area (Å²) in [6.45, 7) is 0. The summed E-state index contributed by atoms with van der Waals surface area (Å²) in [5.41, 5.74) is 4.79. The minimum atomic E-state index is -0.187. The Labute approximate surface area is 204 Å². The number of hydrogen-bond donors (Lipinski definition) is 0. The van der Waals surface area contributed by atoms with Crippen LogP contribution >= 0.6 is 11.8 Å². The summed E-state index contributed by atoms with van der Waals surface area (Å²) in [6.07, 6.45) is 9.27. The zero-order valence-electron chi connectivity index (χ0n) is 20.1. The van der Waals surface area contributed by atoms with Gasteiger partial charge in [-0.15, -0.1) is 11.8 Å². The van der Waals surface area contributed by atoms with E-state index >= 15 is 0 Å². The quantitative estimate of drug-likeness (QED) is 0.299. The van der Waals surface area contributed by atoms with E-state index in [9.17, 15) is 4.79 Å². The van der Waals surface area contributed by atoms with E-state index < -0.39 is 0 Å². The van der Waals surface area contributed by atoms with Crippen molar-refractivity contribution in [2.75, 3.05) is 27.6 Å². The summed E-state index contributed by atoms with van der Waals surface area (Å²) < 4.78 is 19.1. The highest BCUT2D eigenvalue weighted by Crippen LogP contribution is 2.50. The van der Waals surface area contributed by atoms with Crippen molar-refractivity contribution in [2.24, 2.45) is 12.0 Å². The number of hydrogen-bond acceptors (Lipinski definition) is 6. The van der Waals surface area contributed by atoms with Crippen LogP contribution < -0.4 is 24.2 Å². The van der Waals surface area contributed by atoms with Crippen LogP contribution in [-0.2, 0) is 13.5 Å². The predicted molar refractivity (Wildman–Crippen MR) is 136 cm³/mol. The molecule has 0 amide bonds. The summed E-state index contributed by atoms with van der Waals surface area (Å²) in [6, 6.07) is 11.5. The first-order chi connectivity index (χ1) is 16.5. The maximum atomic E-state index is 13.0. The van der Waals surface area contributed by atoms with E-state index in [1.165, 1.54) is 11.8 Å². The van der Waals surface area contributed by atoms with Gasteiger partial charge in [0.2, 0.25) is 5.75 Å². The van der Waals surface area contributed by atoms with Crippen LogP contribution in [0, 0.1) is 0 Å². The lowest BCUT2D eigenvalue weighted by atomic mass is 9.95. The molecule has 1 aliphatic carbocycles. The normalized spacial score (nSPS) is 14.8. The minimum Gasteiger partial charge on any atom is -0.493 e. The number of aromatic nitrogens is 1. The lowest BCUT2D eigenvalue weighted by molar-refractivity contribution is -0.671. The van der Waals surface area contributed by atoms with Gasteiger partial charge in [0.05, 0.1) is 32.3 Å². The highest BCUT2D eigenvalue weighted by atomic mass is 32.2. The molecular weight excluding hydrogens is 448 g/mol. The second kappa shape index (κ2) is 10.3. The van der Waals surface area contributed by atoms with Crippen LogP contribution in [0.3, 0.4) is 0 Å². The summed E-state index contributed by atoms with van der Waals surface area (Å²) in [7, 11) is 6.83. The molecule has 1 aromatic heterocycles. The van der Waals surface area contributed by atoms with Crippen LogP contribution in [0.1, 0.15) is 29.2 Å². The topological polar surface area (TPSA) is 61.0 Å². The summed E-state index contributed by atoms with van der Waals surface area (Å²) in [4.78, 5) is 18.7. The number of benzene rings is 1. The molecule has 0 saturated carbocycles. The lowest BCUT2D eigenvalue weighted by Gasteiger charge is -2.19. The van der Waals surface area contributed by atoms with Crippen LogP contribution in [0.2, 0.25) is 0 Å². The molecule has 0 saturated heterocycles. The molecule has 1 heterocycles. The molecule has 0 spiro atoms. The fourth-order valence-electron chi connectivity index (χ4n) is 4.38. The first kappa shape index (κ1) is 23.8. The molecule has 3 aromatic rings. The Kier molecular flexibility index (Phi) is 7.22. The zero-order chi connectivity index (χ0) is 24.2. The summed E-state index contributed by atoms with van der Waals surface area (Å²) in [5.74, 6) is 1.75. The number of rotatable bonds is 6. The molecule has 34 heavy (non-hydrogen) atoms. The Balaban J connectivity index is 1.96. The molecule has 0 radical (unpaired) electrons. The van der Waals surface area contributed by atoms with Crippen molar-refractivity contribution >= 4 is 18.0 Å². The average Bonchev–Trinajstić information content (AvgIpc) is 3.10. The largest absolute Gasteiger partial charge is 0.493 e. The van der Waals surface area contributed by atoms with Gasteiger partial charge in [0.1, 0.15) is 7.05 Å². The fraction of sp³-hybridized carbons (Fsp3) is 0.296. The molecule has 6 nitrogen and oxygen atoms in total. The molecule has 7 heteroatoms. The Hall–Kier alpha value is -3.32. The van der Waals surface area contributed by atoms with E-state index in [-0.39, 0.29) is 11.5 Å². The SMILES string of the molecule is COc1cc2c(c(OC)c1OC)-c1ccc(SC)c(=O)cc1[C@@H](N=Cc1cc[n+](C)cc1)CC2. The number of nitrogens with zero attached hydrogens (tertiary/aromatic N) is 2. The third-order valence-electron chi connectivity index (χ3n) is 6.10. The van der Waals surface area contributed by atoms with E-state index in [0.29, 0.717) is 22.1 Å². The van der Waals surface area contributed by atoms with E-state index in [2.05, 4.69) is 0 Å². The first-order valence-corrected chi connectivity index (χ1v) is 12.3. The second-order valence-electron chi connectivity index (χ2n) is 8.09. The van der Waals surface area contributed by atoms with Crippen LogP contribution in [0.15, 0.2) is 63.5 Å². The van der Waals surface area contributed by atoms with Crippen LogP contribution in [-0.4, -0.2) is 33.8 Å². The van der Waals surface area contributed by atoms with Crippen molar-refractivity contribution < 1.29 is 18.8 Å². The number of aliphatic imine (C=N–C) groups is 1. The third-order valence-corrected chi connectivity index (χ3v) is 6.87. The van der Waals surface area contributed by atoms with Crippen molar-refractivity contribution in [3.05, 3.63) is 75.7 Å². The Morgan fingerprint density at radius 2 is 1.76 bits per heavy atom. The van der Waals surface area contributed by atoms with Crippen LogP contribution in [0.25, 0.3) is 11.1 Å². The number of aryl methyl sites for hydroxylation is 2. The first-order valence-electron chi connectivity index (χ1n) is 11.0. The maximum absolute atomic E-state index is 13.0. The Morgan fingerprint density at radius 1 is 1.03 bits per heavy atom. The predicted octanol–water partition coefficient (Wildman–Crippen LogP) is 4.39. The summed E-state index contributed by atoms with van der Waals surface area (Å²) in [5, 5.41) is 0. The molecule has 0 aliphatic heterocycles. The monoisotopic (exact) mass is 477 g/mol. The van der Waals surface area contributed by atoms with Crippen molar-refractivity contribution in [1.29, 1.82) is 0 Å². The Bertz CT molecular complexity index is 1290. The molecule has 0 fully saturated rings. The van der Waals surface area contributed by atoms with Crippen molar-refractivity contribution in [3.8, 4) is 28.4 Å². The molecule has 0 unspecified atom stereocenters.